The van der Waals surface area contributed by atoms with Crippen LogP contribution in [0.5, 0.6) is 5.75 Å². The summed E-state index contributed by atoms with van der Waals surface area (Å²) in [6.07, 6.45) is 1.82. The number of benzene rings is 2. The van der Waals surface area contributed by atoms with E-state index in [1.165, 1.54) is 24.3 Å². The van der Waals surface area contributed by atoms with E-state index in [4.69, 9.17) is 10.6 Å². The quantitative estimate of drug-likeness (QED) is 0.656. The number of hydrogen-bond donors (Lipinski definition) is 2. The zero-order chi connectivity index (χ0) is 14.8. The van der Waals surface area contributed by atoms with Crippen LogP contribution in [0.25, 0.3) is 0 Å². The van der Waals surface area contributed by atoms with Gasteiger partial charge in [-0.25, -0.2) is 4.39 Å². The molecule has 2 aromatic carbocycles. The first-order valence-electron chi connectivity index (χ1n) is 7.10. The molecule has 0 amide bonds. The van der Waals surface area contributed by atoms with Gasteiger partial charge in [-0.1, -0.05) is 30.3 Å². The Balaban J connectivity index is 1.78. The van der Waals surface area contributed by atoms with Crippen LogP contribution in [-0.2, 0) is 6.42 Å². The number of fused-ring (bicyclic) bond motifs is 1. The topological polar surface area (TPSA) is 47.3 Å². The minimum Gasteiger partial charge on any atom is -0.497 e. The zero-order valence-electron chi connectivity index (χ0n) is 12.0. The van der Waals surface area contributed by atoms with E-state index in [9.17, 15) is 4.39 Å². The Bertz CT molecular complexity index is 644. The highest BCUT2D eigenvalue weighted by Crippen LogP contribution is 2.41. The number of ether oxygens (including phenoxy) is 1. The summed E-state index contributed by atoms with van der Waals surface area (Å²) in [5.41, 5.74) is 6.07. The minimum atomic E-state index is -0.287. The van der Waals surface area contributed by atoms with Gasteiger partial charge >= 0.3 is 0 Å². The number of hydrazine groups is 1. The largest absolute Gasteiger partial charge is 0.497 e. The molecule has 110 valence electrons. The standard InChI is InChI=1S/C17H19FN2O/c1-21-13-6-7-15(16(18)10-13)17(20-19)9-12-8-11-4-2-3-5-14(11)12/h2-7,10,12,17,20H,8-9,19H2,1H3. The molecular formula is C17H19FN2O. The minimum absolute atomic E-state index is 0.200. The molecule has 0 aliphatic heterocycles. The van der Waals surface area contributed by atoms with E-state index < -0.39 is 0 Å². The van der Waals surface area contributed by atoms with Gasteiger partial charge in [0, 0.05) is 17.7 Å². The van der Waals surface area contributed by atoms with Gasteiger partial charge < -0.3 is 4.74 Å². The third-order valence-corrected chi connectivity index (χ3v) is 4.27. The van der Waals surface area contributed by atoms with Gasteiger partial charge in [0.25, 0.3) is 0 Å². The van der Waals surface area contributed by atoms with Crippen LogP contribution in [0, 0.1) is 5.82 Å². The Morgan fingerprint density at radius 2 is 2.14 bits per heavy atom. The van der Waals surface area contributed by atoms with Crippen molar-refractivity contribution in [3.05, 3.63) is 65.0 Å². The summed E-state index contributed by atoms with van der Waals surface area (Å²) in [4.78, 5) is 0. The van der Waals surface area contributed by atoms with Crippen molar-refractivity contribution in [2.24, 2.45) is 5.84 Å². The van der Waals surface area contributed by atoms with Crippen LogP contribution in [0.15, 0.2) is 42.5 Å². The van der Waals surface area contributed by atoms with Crippen molar-refractivity contribution in [2.45, 2.75) is 24.8 Å². The summed E-state index contributed by atoms with van der Waals surface area (Å²) in [6.45, 7) is 0. The maximum Gasteiger partial charge on any atom is 0.131 e. The van der Waals surface area contributed by atoms with E-state index in [1.807, 2.05) is 6.07 Å². The van der Waals surface area contributed by atoms with Crippen LogP contribution in [0.3, 0.4) is 0 Å². The molecule has 0 saturated heterocycles. The van der Waals surface area contributed by atoms with Crippen LogP contribution in [0.2, 0.25) is 0 Å². The number of nitrogens with two attached hydrogens (primary N) is 1. The number of nitrogens with one attached hydrogen (secondary N) is 1. The number of hydrogen-bond acceptors (Lipinski definition) is 3. The Labute approximate surface area is 123 Å². The Hall–Kier alpha value is -1.91. The van der Waals surface area contributed by atoms with E-state index in [-0.39, 0.29) is 11.9 Å². The van der Waals surface area contributed by atoms with Crippen molar-refractivity contribution in [3.8, 4) is 5.75 Å². The molecule has 2 atom stereocenters. The maximum absolute atomic E-state index is 14.2. The molecule has 2 aromatic rings. The van der Waals surface area contributed by atoms with Crippen molar-refractivity contribution in [1.29, 1.82) is 0 Å². The fraction of sp³-hybridized carbons (Fsp3) is 0.294. The average molecular weight is 286 g/mol. The molecule has 3 N–H and O–H groups in total. The van der Waals surface area contributed by atoms with Crippen LogP contribution >= 0.6 is 0 Å². The molecule has 0 radical (unpaired) electrons. The van der Waals surface area contributed by atoms with Crippen molar-refractivity contribution < 1.29 is 9.13 Å². The summed E-state index contributed by atoms with van der Waals surface area (Å²) in [6, 6.07) is 13.1. The van der Waals surface area contributed by atoms with Gasteiger partial charge in [-0.15, -0.1) is 0 Å². The fourth-order valence-corrected chi connectivity index (χ4v) is 3.06. The third kappa shape index (κ3) is 2.64. The lowest BCUT2D eigenvalue weighted by Gasteiger charge is -2.33. The molecule has 1 aliphatic rings. The van der Waals surface area contributed by atoms with Gasteiger partial charge in [0.2, 0.25) is 0 Å². The van der Waals surface area contributed by atoms with Crippen molar-refractivity contribution >= 4 is 0 Å². The molecule has 0 aromatic heterocycles. The molecule has 0 heterocycles. The second-order valence-corrected chi connectivity index (χ2v) is 5.44. The van der Waals surface area contributed by atoms with Crippen LogP contribution in [0.1, 0.15) is 35.1 Å². The molecule has 1 aliphatic carbocycles. The van der Waals surface area contributed by atoms with E-state index in [2.05, 4.69) is 23.6 Å². The third-order valence-electron chi connectivity index (χ3n) is 4.27. The van der Waals surface area contributed by atoms with Gasteiger partial charge in [0.1, 0.15) is 11.6 Å². The molecule has 3 rings (SSSR count). The molecule has 0 saturated carbocycles. The summed E-state index contributed by atoms with van der Waals surface area (Å²) in [7, 11) is 1.53. The first-order valence-corrected chi connectivity index (χ1v) is 7.10. The average Bonchev–Trinajstić information content (AvgIpc) is 2.49. The van der Waals surface area contributed by atoms with E-state index in [0.717, 1.165) is 12.8 Å². The zero-order valence-corrected chi connectivity index (χ0v) is 12.0. The highest BCUT2D eigenvalue weighted by Gasteiger charge is 2.29. The second-order valence-electron chi connectivity index (χ2n) is 5.44. The predicted octanol–water partition coefficient (Wildman–Crippen LogP) is 3.07. The van der Waals surface area contributed by atoms with Crippen molar-refractivity contribution in [2.75, 3.05) is 7.11 Å². The van der Waals surface area contributed by atoms with Gasteiger partial charge in [0.05, 0.1) is 7.11 Å². The van der Waals surface area contributed by atoms with Gasteiger partial charge in [-0.05, 0) is 36.0 Å². The van der Waals surface area contributed by atoms with Crippen molar-refractivity contribution in [1.82, 2.24) is 5.43 Å². The van der Waals surface area contributed by atoms with E-state index in [0.29, 0.717) is 17.2 Å². The Morgan fingerprint density at radius 1 is 1.33 bits per heavy atom. The lowest BCUT2D eigenvalue weighted by Crippen LogP contribution is -2.32. The first kappa shape index (κ1) is 14.0. The van der Waals surface area contributed by atoms with Crippen LogP contribution in [0.4, 0.5) is 4.39 Å². The van der Waals surface area contributed by atoms with Crippen LogP contribution < -0.4 is 16.0 Å². The molecule has 0 spiro atoms. The molecule has 0 bridgehead atoms. The molecular weight excluding hydrogens is 267 g/mol. The summed E-state index contributed by atoms with van der Waals surface area (Å²) in [5.74, 6) is 6.31. The second kappa shape index (κ2) is 5.84. The molecule has 2 unspecified atom stereocenters. The molecule has 3 nitrogen and oxygen atoms in total. The van der Waals surface area contributed by atoms with E-state index >= 15 is 0 Å². The summed E-state index contributed by atoms with van der Waals surface area (Å²) < 4.78 is 19.2. The molecule has 0 fully saturated rings. The highest BCUT2D eigenvalue weighted by molar-refractivity contribution is 5.40. The maximum atomic E-state index is 14.2. The normalized spacial score (nSPS) is 17.8. The number of methoxy groups -OCH3 is 1. The summed E-state index contributed by atoms with van der Waals surface area (Å²) in [5, 5.41) is 0. The highest BCUT2D eigenvalue weighted by atomic mass is 19.1. The first-order chi connectivity index (χ1) is 10.2. The summed E-state index contributed by atoms with van der Waals surface area (Å²) >= 11 is 0. The van der Waals surface area contributed by atoms with Gasteiger partial charge in [-0.2, -0.15) is 0 Å². The molecule has 4 heteroatoms. The lowest BCUT2D eigenvalue weighted by atomic mass is 9.74. The SMILES string of the molecule is COc1ccc(C(CC2Cc3ccccc32)NN)c(F)c1. The predicted molar refractivity (Wildman–Crippen MR) is 80.5 cm³/mol. The number of halogens is 1. The Morgan fingerprint density at radius 3 is 2.81 bits per heavy atom. The van der Waals surface area contributed by atoms with Crippen molar-refractivity contribution in [3.63, 3.8) is 0 Å². The molecule has 21 heavy (non-hydrogen) atoms. The van der Waals surface area contributed by atoms with Crippen LogP contribution in [-0.4, -0.2) is 7.11 Å². The smallest absolute Gasteiger partial charge is 0.131 e. The fourth-order valence-electron chi connectivity index (χ4n) is 3.06. The monoisotopic (exact) mass is 286 g/mol. The van der Waals surface area contributed by atoms with Gasteiger partial charge in [0.15, 0.2) is 0 Å². The Kier molecular flexibility index (Phi) is 3.90. The van der Waals surface area contributed by atoms with E-state index in [1.54, 1.807) is 12.1 Å². The van der Waals surface area contributed by atoms with Gasteiger partial charge in [-0.3, -0.25) is 11.3 Å². The number of rotatable bonds is 5. The lowest BCUT2D eigenvalue weighted by molar-refractivity contribution is 0.402.